The summed E-state index contributed by atoms with van der Waals surface area (Å²) in [4.78, 5) is 16.5. The van der Waals surface area contributed by atoms with Crippen LogP contribution in [0.1, 0.15) is 10.5 Å². The van der Waals surface area contributed by atoms with Gasteiger partial charge >= 0.3 is 0 Å². The molecular weight excluding hydrogens is 301 g/mol. The number of fused-ring (bicyclic) bond motifs is 1. The van der Waals surface area contributed by atoms with Gasteiger partial charge in [-0.05, 0) is 12.1 Å². The van der Waals surface area contributed by atoms with Gasteiger partial charge in [-0.1, -0.05) is 0 Å². The van der Waals surface area contributed by atoms with Gasteiger partial charge in [-0.25, -0.2) is 9.37 Å². The number of pyridine rings is 1. The number of nitrogens with zero attached hydrogens (tertiary/aromatic N) is 2. The molecule has 2 heterocycles. The van der Waals surface area contributed by atoms with E-state index < -0.39 is 11.7 Å². The minimum Gasteiger partial charge on any atom is -0.497 e. The van der Waals surface area contributed by atoms with Crippen LogP contribution in [0.2, 0.25) is 0 Å². The number of ether oxygens (including phenoxy) is 2. The van der Waals surface area contributed by atoms with Gasteiger partial charge in [0.25, 0.3) is 5.91 Å². The highest BCUT2D eigenvalue weighted by molar-refractivity contribution is 6.03. The van der Waals surface area contributed by atoms with E-state index in [0.29, 0.717) is 22.8 Å². The number of imidazole rings is 1. The predicted octanol–water partition coefficient (Wildman–Crippen LogP) is 2.74. The summed E-state index contributed by atoms with van der Waals surface area (Å²) in [5.74, 6) is 0.289. The Labute approximate surface area is 131 Å². The van der Waals surface area contributed by atoms with Crippen molar-refractivity contribution in [2.45, 2.75) is 0 Å². The lowest BCUT2D eigenvalue weighted by Gasteiger charge is -2.09. The van der Waals surface area contributed by atoms with Crippen molar-refractivity contribution in [1.82, 2.24) is 9.38 Å². The fourth-order valence-corrected chi connectivity index (χ4v) is 2.15. The summed E-state index contributed by atoms with van der Waals surface area (Å²) in [6.45, 7) is 0. The van der Waals surface area contributed by atoms with E-state index in [9.17, 15) is 9.18 Å². The maximum absolute atomic E-state index is 13.2. The van der Waals surface area contributed by atoms with Crippen molar-refractivity contribution in [2.75, 3.05) is 19.5 Å². The fraction of sp³-hybridized carbons (Fsp3) is 0.125. The third-order valence-electron chi connectivity index (χ3n) is 3.26. The Morgan fingerprint density at radius 1 is 1.13 bits per heavy atom. The standard InChI is InChI=1S/C16H14FN3O3/c1-22-12-5-11(6-13(7-12)23-2)18-16(21)14-9-20-8-10(17)3-4-15(20)19-14/h3-9H,1-2H3,(H,18,21). The van der Waals surface area contributed by atoms with E-state index in [2.05, 4.69) is 10.3 Å². The van der Waals surface area contributed by atoms with Gasteiger partial charge in [-0.2, -0.15) is 0 Å². The van der Waals surface area contributed by atoms with Crippen LogP contribution >= 0.6 is 0 Å². The average Bonchev–Trinajstić information content (AvgIpc) is 2.97. The normalized spacial score (nSPS) is 10.6. The molecule has 0 spiro atoms. The molecular formula is C16H14FN3O3. The van der Waals surface area contributed by atoms with Gasteiger partial charge in [0.1, 0.15) is 28.7 Å². The molecule has 0 aliphatic heterocycles. The van der Waals surface area contributed by atoms with Gasteiger partial charge in [-0.15, -0.1) is 0 Å². The average molecular weight is 315 g/mol. The van der Waals surface area contributed by atoms with E-state index in [1.165, 1.54) is 43.1 Å². The summed E-state index contributed by atoms with van der Waals surface area (Å²) in [6.07, 6.45) is 2.72. The number of aromatic nitrogens is 2. The zero-order valence-electron chi connectivity index (χ0n) is 12.5. The Morgan fingerprint density at radius 3 is 2.48 bits per heavy atom. The summed E-state index contributed by atoms with van der Waals surface area (Å²) in [7, 11) is 3.05. The van der Waals surface area contributed by atoms with Crippen molar-refractivity contribution in [3.05, 3.63) is 54.2 Å². The van der Waals surface area contributed by atoms with Crippen LogP contribution in [0.15, 0.2) is 42.7 Å². The third kappa shape index (κ3) is 3.08. The van der Waals surface area contributed by atoms with Crippen molar-refractivity contribution in [2.24, 2.45) is 0 Å². The lowest BCUT2D eigenvalue weighted by atomic mass is 10.2. The molecule has 1 N–H and O–H groups in total. The second-order valence-electron chi connectivity index (χ2n) is 4.79. The second kappa shape index (κ2) is 5.96. The highest BCUT2D eigenvalue weighted by Gasteiger charge is 2.12. The molecule has 0 unspecified atom stereocenters. The number of rotatable bonds is 4. The quantitative estimate of drug-likeness (QED) is 0.804. The molecule has 0 aliphatic rings. The number of nitrogens with one attached hydrogen (secondary N) is 1. The minimum absolute atomic E-state index is 0.178. The first-order valence-corrected chi connectivity index (χ1v) is 6.78. The Bertz CT molecular complexity index is 854. The van der Waals surface area contributed by atoms with Gasteiger partial charge in [0.15, 0.2) is 0 Å². The van der Waals surface area contributed by atoms with E-state index in [-0.39, 0.29) is 5.69 Å². The molecule has 1 amide bonds. The summed E-state index contributed by atoms with van der Waals surface area (Å²) in [5.41, 5.74) is 1.17. The summed E-state index contributed by atoms with van der Waals surface area (Å²) < 4.78 is 24.9. The first-order valence-electron chi connectivity index (χ1n) is 6.78. The SMILES string of the molecule is COc1cc(NC(=O)c2cn3cc(F)ccc3n2)cc(OC)c1. The predicted molar refractivity (Wildman–Crippen MR) is 82.6 cm³/mol. The van der Waals surface area contributed by atoms with Gasteiger partial charge in [0.05, 0.1) is 14.2 Å². The van der Waals surface area contributed by atoms with Crippen LogP contribution in [0, 0.1) is 5.82 Å². The minimum atomic E-state index is -0.413. The molecule has 6 nitrogen and oxygen atoms in total. The zero-order chi connectivity index (χ0) is 16.4. The molecule has 3 rings (SSSR count). The number of carbonyl (C=O) groups is 1. The van der Waals surface area contributed by atoms with Crippen molar-refractivity contribution in [3.8, 4) is 11.5 Å². The lowest BCUT2D eigenvalue weighted by molar-refractivity contribution is 0.102. The van der Waals surface area contributed by atoms with Gasteiger partial charge in [-0.3, -0.25) is 4.79 Å². The van der Waals surface area contributed by atoms with Crippen LogP contribution in [0.5, 0.6) is 11.5 Å². The van der Waals surface area contributed by atoms with Crippen LogP contribution in [0.4, 0.5) is 10.1 Å². The Balaban J connectivity index is 1.88. The number of carbonyl (C=O) groups excluding carboxylic acids is 1. The van der Waals surface area contributed by atoms with Crippen LogP contribution in [0.3, 0.4) is 0 Å². The number of halogens is 1. The Morgan fingerprint density at radius 2 is 1.83 bits per heavy atom. The maximum Gasteiger partial charge on any atom is 0.275 e. The van der Waals surface area contributed by atoms with E-state index in [4.69, 9.17) is 9.47 Å². The molecule has 0 fully saturated rings. The Hall–Kier alpha value is -3.09. The van der Waals surface area contributed by atoms with Crippen molar-refractivity contribution < 1.29 is 18.7 Å². The molecule has 0 saturated carbocycles. The van der Waals surface area contributed by atoms with Crippen molar-refractivity contribution in [3.63, 3.8) is 0 Å². The molecule has 0 radical (unpaired) electrons. The lowest BCUT2D eigenvalue weighted by Crippen LogP contribution is -2.12. The van der Waals surface area contributed by atoms with E-state index in [0.717, 1.165) is 0 Å². The van der Waals surface area contributed by atoms with Crippen LogP contribution < -0.4 is 14.8 Å². The zero-order valence-corrected chi connectivity index (χ0v) is 12.5. The van der Waals surface area contributed by atoms with E-state index in [1.807, 2.05) is 0 Å². The number of hydrogen-bond donors (Lipinski definition) is 1. The third-order valence-corrected chi connectivity index (χ3v) is 3.26. The van der Waals surface area contributed by atoms with Crippen LogP contribution in [-0.4, -0.2) is 29.5 Å². The number of hydrogen-bond acceptors (Lipinski definition) is 4. The number of benzene rings is 1. The molecule has 1 aromatic carbocycles. The largest absolute Gasteiger partial charge is 0.497 e. The molecule has 118 valence electrons. The molecule has 0 saturated heterocycles. The van der Waals surface area contributed by atoms with Crippen molar-refractivity contribution in [1.29, 1.82) is 0 Å². The highest BCUT2D eigenvalue weighted by Crippen LogP contribution is 2.26. The molecule has 0 atom stereocenters. The second-order valence-corrected chi connectivity index (χ2v) is 4.79. The molecule has 7 heteroatoms. The van der Waals surface area contributed by atoms with Gasteiger partial charge in [0.2, 0.25) is 0 Å². The van der Waals surface area contributed by atoms with Crippen LogP contribution in [-0.2, 0) is 0 Å². The monoisotopic (exact) mass is 315 g/mol. The smallest absolute Gasteiger partial charge is 0.275 e. The van der Waals surface area contributed by atoms with Gasteiger partial charge < -0.3 is 19.2 Å². The molecule has 0 aliphatic carbocycles. The van der Waals surface area contributed by atoms with Crippen LogP contribution in [0.25, 0.3) is 5.65 Å². The maximum atomic E-state index is 13.2. The Kier molecular flexibility index (Phi) is 3.84. The number of methoxy groups -OCH3 is 2. The molecule has 23 heavy (non-hydrogen) atoms. The van der Waals surface area contributed by atoms with Crippen molar-refractivity contribution >= 4 is 17.2 Å². The number of amides is 1. The fourth-order valence-electron chi connectivity index (χ4n) is 2.15. The van der Waals surface area contributed by atoms with E-state index in [1.54, 1.807) is 18.2 Å². The molecule has 2 aromatic heterocycles. The summed E-state index contributed by atoms with van der Waals surface area (Å²) in [6, 6.07) is 7.81. The van der Waals surface area contributed by atoms with Gasteiger partial charge in [0, 0.05) is 36.3 Å². The molecule has 3 aromatic rings. The number of anilines is 1. The first-order chi connectivity index (χ1) is 11.1. The summed E-state index contributed by atoms with van der Waals surface area (Å²) >= 11 is 0. The molecule has 0 bridgehead atoms. The highest BCUT2D eigenvalue weighted by atomic mass is 19.1. The van der Waals surface area contributed by atoms with E-state index >= 15 is 0 Å². The summed E-state index contributed by atoms with van der Waals surface area (Å²) in [5, 5.41) is 2.71. The first kappa shape index (κ1) is 14.8. The topological polar surface area (TPSA) is 64.9 Å².